The predicted octanol–water partition coefficient (Wildman–Crippen LogP) is 1.58. The van der Waals surface area contributed by atoms with E-state index in [0.717, 1.165) is 18.1 Å². The van der Waals surface area contributed by atoms with Crippen molar-refractivity contribution in [3.05, 3.63) is 29.8 Å². The molecule has 1 atom stereocenters. The van der Waals surface area contributed by atoms with Gasteiger partial charge in [-0.05, 0) is 31.0 Å². The number of carbonyl (C=O) groups excluding carboxylic acids is 1. The van der Waals surface area contributed by atoms with Crippen LogP contribution in [-0.4, -0.2) is 36.7 Å². The average molecular weight is 296 g/mol. The first-order valence-electron chi connectivity index (χ1n) is 6.73. The number of ether oxygens (including phenoxy) is 2. The Balaban J connectivity index is 1.67. The second kappa shape index (κ2) is 8.14. The molecule has 0 radical (unpaired) electrons. The highest BCUT2D eigenvalue weighted by Crippen LogP contribution is 2.18. The van der Waals surface area contributed by atoms with Crippen molar-refractivity contribution >= 4 is 17.7 Å². The van der Waals surface area contributed by atoms with Gasteiger partial charge in [-0.15, -0.1) is 0 Å². The smallest absolute Gasteiger partial charge is 0.265 e. The lowest BCUT2D eigenvalue weighted by Crippen LogP contribution is -2.29. The molecule has 1 aliphatic rings. The maximum Gasteiger partial charge on any atom is 0.265 e. The Morgan fingerprint density at radius 2 is 2.45 bits per heavy atom. The number of carbonyl (C=O) groups is 1. The molecule has 1 heterocycles. The summed E-state index contributed by atoms with van der Waals surface area (Å²) in [5.41, 5.74) is 2.60. The van der Waals surface area contributed by atoms with Crippen molar-refractivity contribution in [1.29, 1.82) is 0 Å². The third-order valence-electron chi connectivity index (χ3n) is 3.05. The molecule has 0 aromatic heterocycles. The normalized spacial score (nSPS) is 17.9. The fourth-order valence-electron chi connectivity index (χ4n) is 2.02. The van der Waals surface area contributed by atoms with Gasteiger partial charge in [-0.2, -0.15) is 11.8 Å². The van der Waals surface area contributed by atoms with Crippen LogP contribution in [0.15, 0.2) is 24.3 Å². The van der Waals surface area contributed by atoms with Crippen LogP contribution in [0.4, 0.5) is 0 Å². The summed E-state index contributed by atoms with van der Waals surface area (Å²) in [6.45, 7) is 1.52. The van der Waals surface area contributed by atoms with Crippen molar-refractivity contribution in [3.8, 4) is 5.75 Å². The molecule has 1 saturated heterocycles. The molecule has 5 nitrogen and oxygen atoms in total. The summed E-state index contributed by atoms with van der Waals surface area (Å²) in [4.78, 5) is 11.4. The molecule has 0 aliphatic carbocycles. The number of thioether (sulfide) groups is 1. The number of hydrogen-bond donors (Lipinski definition) is 2. The van der Waals surface area contributed by atoms with Crippen LogP contribution in [0, 0.1) is 0 Å². The van der Waals surface area contributed by atoms with Gasteiger partial charge in [-0.25, -0.2) is 5.84 Å². The van der Waals surface area contributed by atoms with Gasteiger partial charge in [0.05, 0.1) is 12.7 Å². The molecule has 1 amide bonds. The molecule has 0 bridgehead atoms. The lowest BCUT2D eigenvalue weighted by Gasteiger charge is -2.10. The Morgan fingerprint density at radius 3 is 3.20 bits per heavy atom. The van der Waals surface area contributed by atoms with E-state index in [-0.39, 0.29) is 5.91 Å². The van der Waals surface area contributed by atoms with Gasteiger partial charge in [0.25, 0.3) is 5.91 Å². The van der Waals surface area contributed by atoms with Gasteiger partial charge < -0.3 is 9.47 Å². The second-order valence-electron chi connectivity index (χ2n) is 4.56. The van der Waals surface area contributed by atoms with Gasteiger partial charge in [0.15, 0.2) is 0 Å². The number of nitrogen functional groups attached to an aromatic ring is 1. The van der Waals surface area contributed by atoms with Crippen LogP contribution >= 0.6 is 11.8 Å². The van der Waals surface area contributed by atoms with E-state index in [1.54, 1.807) is 18.2 Å². The highest BCUT2D eigenvalue weighted by molar-refractivity contribution is 7.99. The molecule has 2 rings (SSSR count). The third-order valence-corrected chi connectivity index (χ3v) is 4.11. The largest absolute Gasteiger partial charge is 0.493 e. The lowest BCUT2D eigenvalue weighted by atomic mass is 10.2. The number of hydrazine groups is 1. The van der Waals surface area contributed by atoms with Crippen molar-refractivity contribution in [2.24, 2.45) is 5.84 Å². The van der Waals surface area contributed by atoms with Crippen LogP contribution in [0.25, 0.3) is 0 Å². The van der Waals surface area contributed by atoms with E-state index in [2.05, 4.69) is 5.43 Å². The zero-order valence-corrected chi connectivity index (χ0v) is 12.2. The minimum Gasteiger partial charge on any atom is -0.493 e. The molecule has 6 heteroatoms. The van der Waals surface area contributed by atoms with E-state index >= 15 is 0 Å². The monoisotopic (exact) mass is 296 g/mol. The summed E-state index contributed by atoms with van der Waals surface area (Å²) in [6.07, 6.45) is 2.76. The third kappa shape index (κ3) is 4.70. The zero-order chi connectivity index (χ0) is 14.2. The molecule has 1 fully saturated rings. The lowest BCUT2D eigenvalue weighted by molar-refractivity contribution is 0.0953. The summed E-state index contributed by atoms with van der Waals surface area (Å²) in [5.74, 6) is 7.40. The maximum atomic E-state index is 11.4. The highest BCUT2D eigenvalue weighted by Gasteiger charge is 2.14. The van der Waals surface area contributed by atoms with Crippen LogP contribution in [-0.2, 0) is 4.74 Å². The quantitative estimate of drug-likeness (QED) is 0.346. The molecular formula is C14H20N2O3S. The number of benzene rings is 1. The van der Waals surface area contributed by atoms with Crippen LogP contribution < -0.4 is 16.0 Å². The Kier molecular flexibility index (Phi) is 6.17. The van der Waals surface area contributed by atoms with Gasteiger partial charge in [0.2, 0.25) is 0 Å². The standard InChI is InChI=1S/C14H20N2O3S/c15-16-14(17)11-3-1-4-12(9-11)19-7-8-20-10-13-5-2-6-18-13/h1,3-4,9,13H,2,5-8,10,15H2,(H,16,17). The van der Waals surface area contributed by atoms with E-state index in [9.17, 15) is 4.79 Å². The van der Waals surface area contributed by atoms with E-state index in [4.69, 9.17) is 15.3 Å². The van der Waals surface area contributed by atoms with Crippen molar-refractivity contribution in [3.63, 3.8) is 0 Å². The van der Waals surface area contributed by atoms with E-state index in [1.807, 2.05) is 17.8 Å². The average Bonchev–Trinajstić information content (AvgIpc) is 2.99. The Bertz CT molecular complexity index is 436. The topological polar surface area (TPSA) is 73.6 Å². The Hall–Kier alpha value is -1.24. The highest BCUT2D eigenvalue weighted by atomic mass is 32.2. The van der Waals surface area contributed by atoms with Crippen molar-refractivity contribution in [2.45, 2.75) is 18.9 Å². The number of nitrogens with two attached hydrogens (primary N) is 1. The molecule has 3 N–H and O–H groups in total. The summed E-state index contributed by atoms with van der Waals surface area (Å²) >= 11 is 1.84. The van der Waals surface area contributed by atoms with E-state index in [1.165, 1.54) is 12.8 Å². The first-order chi connectivity index (χ1) is 9.79. The number of amides is 1. The predicted molar refractivity (Wildman–Crippen MR) is 79.9 cm³/mol. The molecule has 1 unspecified atom stereocenters. The van der Waals surface area contributed by atoms with Crippen LogP contribution in [0.5, 0.6) is 5.75 Å². The Labute approximate surface area is 123 Å². The van der Waals surface area contributed by atoms with Crippen LogP contribution in [0.3, 0.4) is 0 Å². The van der Waals surface area contributed by atoms with E-state index < -0.39 is 0 Å². The minimum absolute atomic E-state index is 0.316. The van der Waals surface area contributed by atoms with Gasteiger partial charge in [-0.1, -0.05) is 6.07 Å². The first kappa shape index (κ1) is 15.2. The number of nitrogens with one attached hydrogen (secondary N) is 1. The molecule has 1 aliphatic heterocycles. The molecule has 1 aromatic rings. The van der Waals surface area contributed by atoms with Gasteiger partial charge >= 0.3 is 0 Å². The minimum atomic E-state index is -0.316. The summed E-state index contributed by atoms with van der Waals surface area (Å²) in [5, 5.41) is 0. The van der Waals surface area contributed by atoms with Gasteiger partial charge in [0.1, 0.15) is 5.75 Å². The molecule has 0 spiro atoms. The fraction of sp³-hybridized carbons (Fsp3) is 0.500. The Morgan fingerprint density at radius 1 is 1.55 bits per heavy atom. The van der Waals surface area contributed by atoms with Gasteiger partial charge in [0, 0.05) is 23.7 Å². The van der Waals surface area contributed by atoms with Gasteiger partial charge in [-0.3, -0.25) is 10.2 Å². The number of hydrogen-bond acceptors (Lipinski definition) is 5. The molecular weight excluding hydrogens is 276 g/mol. The number of rotatable bonds is 7. The van der Waals surface area contributed by atoms with Crippen molar-refractivity contribution in [2.75, 3.05) is 24.7 Å². The maximum absolute atomic E-state index is 11.4. The second-order valence-corrected chi connectivity index (χ2v) is 5.71. The molecule has 110 valence electrons. The van der Waals surface area contributed by atoms with Crippen molar-refractivity contribution < 1.29 is 14.3 Å². The van der Waals surface area contributed by atoms with Crippen molar-refractivity contribution in [1.82, 2.24) is 5.43 Å². The van der Waals surface area contributed by atoms with E-state index in [0.29, 0.717) is 24.0 Å². The SMILES string of the molecule is NNC(=O)c1cccc(OCCSCC2CCCO2)c1. The molecule has 1 aromatic carbocycles. The van der Waals surface area contributed by atoms with Crippen LogP contribution in [0.1, 0.15) is 23.2 Å². The zero-order valence-electron chi connectivity index (χ0n) is 11.3. The molecule has 0 saturated carbocycles. The summed E-state index contributed by atoms with van der Waals surface area (Å²) in [7, 11) is 0. The summed E-state index contributed by atoms with van der Waals surface area (Å²) in [6, 6.07) is 6.99. The summed E-state index contributed by atoms with van der Waals surface area (Å²) < 4.78 is 11.2. The fourth-order valence-corrected chi connectivity index (χ4v) is 2.91. The first-order valence-corrected chi connectivity index (χ1v) is 7.88. The molecule has 20 heavy (non-hydrogen) atoms. The van der Waals surface area contributed by atoms with Crippen LogP contribution in [0.2, 0.25) is 0 Å².